The van der Waals surface area contributed by atoms with E-state index in [1.54, 1.807) is 0 Å². The second-order valence-electron chi connectivity index (χ2n) is 3.87. The number of halogens is 3. The average molecular weight is 312 g/mol. The number of H-pyrrole nitrogens is 1. The maximum atomic E-state index is 9.17. The van der Waals surface area contributed by atoms with Gasteiger partial charge < -0.3 is 9.40 Å². The van der Waals surface area contributed by atoms with Crippen molar-refractivity contribution in [3.05, 3.63) is 45.2 Å². The molecule has 3 rings (SSSR count). The zero-order valence-corrected chi connectivity index (χ0v) is 11.6. The molecule has 19 heavy (non-hydrogen) atoms. The van der Waals surface area contributed by atoms with Gasteiger partial charge in [0.05, 0.1) is 5.02 Å². The first-order valence-corrected chi connectivity index (χ1v) is 6.41. The van der Waals surface area contributed by atoms with Crippen LogP contribution in [0.15, 0.2) is 28.7 Å². The molecule has 0 radical (unpaired) electrons. The number of nitriles is 1. The first-order chi connectivity index (χ1) is 9.13. The molecule has 0 bridgehead atoms. The lowest BCUT2D eigenvalue weighted by molar-refractivity contribution is 0.587. The predicted molar refractivity (Wildman–Crippen MR) is 75.7 cm³/mol. The van der Waals surface area contributed by atoms with Crippen LogP contribution in [0, 0.1) is 11.3 Å². The number of rotatable bonds is 1. The topological polar surface area (TPSA) is 52.7 Å². The summed E-state index contributed by atoms with van der Waals surface area (Å²) in [6.07, 6.45) is 0. The maximum Gasteiger partial charge on any atom is 0.201 e. The van der Waals surface area contributed by atoms with E-state index in [-0.39, 0.29) is 21.0 Å². The number of aromatic nitrogens is 1. The van der Waals surface area contributed by atoms with E-state index in [4.69, 9.17) is 44.5 Å². The molecule has 94 valence electrons. The van der Waals surface area contributed by atoms with Crippen LogP contribution in [0.1, 0.15) is 5.56 Å². The van der Waals surface area contributed by atoms with Crippen molar-refractivity contribution in [1.29, 1.82) is 5.26 Å². The Morgan fingerprint density at radius 3 is 2.47 bits per heavy atom. The van der Waals surface area contributed by atoms with Gasteiger partial charge in [0.2, 0.25) is 5.22 Å². The fraction of sp³-hybridized carbons (Fsp3) is 0. The molecule has 0 aliphatic carbocycles. The summed E-state index contributed by atoms with van der Waals surface area (Å²) < 4.78 is 5.53. The van der Waals surface area contributed by atoms with Crippen LogP contribution in [-0.4, -0.2) is 4.98 Å². The van der Waals surface area contributed by atoms with Gasteiger partial charge in [-0.15, -0.1) is 0 Å². The van der Waals surface area contributed by atoms with E-state index in [0.29, 0.717) is 11.5 Å². The van der Waals surface area contributed by atoms with Crippen molar-refractivity contribution in [2.24, 2.45) is 0 Å². The quantitative estimate of drug-likeness (QED) is 0.666. The van der Waals surface area contributed by atoms with Crippen LogP contribution in [0.4, 0.5) is 0 Å². The molecule has 0 spiro atoms. The highest BCUT2D eigenvalue weighted by Crippen LogP contribution is 2.40. The Morgan fingerprint density at radius 1 is 1.11 bits per heavy atom. The van der Waals surface area contributed by atoms with Crippen molar-refractivity contribution in [2.45, 2.75) is 0 Å². The minimum Gasteiger partial charge on any atom is -0.442 e. The summed E-state index contributed by atoms with van der Waals surface area (Å²) in [5, 5.41) is 11.4. The normalized spacial score (nSPS) is 10.8. The molecule has 1 aromatic carbocycles. The molecule has 3 nitrogen and oxygen atoms in total. The Bertz CT molecular complexity index is 826. The number of hydrogen-bond donors (Lipinski definition) is 1. The van der Waals surface area contributed by atoms with E-state index in [2.05, 4.69) is 4.98 Å². The Morgan fingerprint density at radius 2 is 1.79 bits per heavy atom. The minimum absolute atomic E-state index is 0.177. The summed E-state index contributed by atoms with van der Waals surface area (Å²) in [7, 11) is 0. The van der Waals surface area contributed by atoms with Gasteiger partial charge >= 0.3 is 0 Å². The fourth-order valence-corrected chi connectivity index (χ4v) is 2.57. The van der Waals surface area contributed by atoms with Crippen LogP contribution in [-0.2, 0) is 0 Å². The van der Waals surface area contributed by atoms with Gasteiger partial charge in [0.1, 0.15) is 22.5 Å². The lowest BCUT2D eigenvalue weighted by Gasteiger charge is -1.95. The van der Waals surface area contributed by atoms with Crippen molar-refractivity contribution >= 4 is 45.6 Å². The molecule has 0 atom stereocenters. The average Bonchev–Trinajstić information content (AvgIpc) is 2.89. The van der Waals surface area contributed by atoms with E-state index in [0.717, 1.165) is 10.8 Å². The standard InChI is InChI=1S/C13H5Cl3N2O/c14-9-8(5-17)10(18-12(9)15)11-6-3-1-2-4-7(6)13(16)19-11/h1-4,18H. The molecule has 0 unspecified atom stereocenters. The first kappa shape index (κ1) is 12.4. The second-order valence-corrected chi connectivity index (χ2v) is 4.96. The van der Waals surface area contributed by atoms with E-state index < -0.39 is 0 Å². The Labute approximate surface area is 123 Å². The van der Waals surface area contributed by atoms with Crippen molar-refractivity contribution in [3.63, 3.8) is 0 Å². The molecule has 2 heterocycles. The second kappa shape index (κ2) is 4.50. The number of hydrogen-bond acceptors (Lipinski definition) is 2. The van der Waals surface area contributed by atoms with Crippen molar-refractivity contribution in [1.82, 2.24) is 4.98 Å². The summed E-state index contributed by atoms with van der Waals surface area (Å²) in [4.78, 5) is 2.84. The zero-order chi connectivity index (χ0) is 13.6. The van der Waals surface area contributed by atoms with E-state index in [1.807, 2.05) is 30.3 Å². The van der Waals surface area contributed by atoms with E-state index in [1.165, 1.54) is 0 Å². The van der Waals surface area contributed by atoms with Gasteiger partial charge in [0.15, 0.2) is 5.76 Å². The third-order valence-electron chi connectivity index (χ3n) is 2.81. The predicted octanol–water partition coefficient (Wildman–Crippen LogP) is 5.26. The fourth-order valence-electron chi connectivity index (χ4n) is 1.96. The van der Waals surface area contributed by atoms with E-state index >= 15 is 0 Å². The number of fused-ring (bicyclic) bond motifs is 1. The van der Waals surface area contributed by atoms with Gasteiger partial charge in [-0.3, -0.25) is 0 Å². The Kier molecular flexibility index (Phi) is 2.94. The van der Waals surface area contributed by atoms with Gasteiger partial charge in [0.25, 0.3) is 0 Å². The molecule has 0 saturated carbocycles. The van der Waals surface area contributed by atoms with Crippen LogP contribution < -0.4 is 0 Å². The van der Waals surface area contributed by atoms with E-state index in [9.17, 15) is 0 Å². The maximum absolute atomic E-state index is 9.17. The third kappa shape index (κ3) is 1.81. The van der Waals surface area contributed by atoms with Crippen molar-refractivity contribution in [3.8, 4) is 17.5 Å². The van der Waals surface area contributed by atoms with Gasteiger partial charge in [-0.1, -0.05) is 41.4 Å². The molecule has 0 aliphatic rings. The SMILES string of the molecule is N#Cc1c(-c2oc(Cl)c3ccccc23)[nH]c(Cl)c1Cl. The number of nitrogens with one attached hydrogen (secondary N) is 1. The first-order valence-electron chi connectivity index (χ1n) is 5.28. The number of nitrogens with zero attached hydrogens (tertiary/aromatic N) is 1. The van der Waals surface area contributed by atoms with Crippen LogP contribution in [0.25, 0.3) is 22.2 Å². The molecular formula is C13H5Cl3N2O. The van der Waals surface area contributed by atoms with Crippen LogP contribution in [0.5, 0.6) is 0 Å². The summed E-state index contributed by atoms with van der Waals surface area (Å²) >= 11 is 17.9. The summed E-state index contributed by atoms with van der Waals surface area (Å²) in [6.45, 7) is 0. The highest BCUT2D eigenvalue weighted by molar-refractivity contribution is 6.42. The third-order valence-corrected chi connectivity index (χ3v) is 3.85. The van der Waals surface area contributed by atoms with Gasteiger partial charge in [-0.2, -0.15) is 5.26 Å². The van der Waals surface area contributed by atoms with Crippen molar-refractivity contribution in [2.75, 3.05) is 0 Å². The molecule has 0 aliphatic heterocycles. The number of benzene rings is 1. The van der Waals surface area contributed by atoms with Crippen LogP contribution in [0.3, 0.4) is 0 Å². The molecule has 0 saturated heterocycles. The highest BCUT2D eigenvalue weighted by atomic mass is 35.5. The summed E-state index contributed by atoms with van der Waals surface area (Å²) in [6, 6.07) is 9.41. The molecule has 6 heteroatoms. The Hall–Kier alpha value is -1.60. The lowest BCUT2D eigenvalue weighted by atomic mass is 10.1. The molecule has 1 N–H and O–H groups in total. The Balaban J connectivity index is 2.38. The van der Waals surface area contributed by atoms with Gasteiger partial charge in [-0.05, 0) is 17.7 Å². The van der Waals surface area contributed by atoms with Crippen molar-refractivity contribution < 1.29 is 4.42 Å². The van der Waals surface area contributed by atoms with Crippen LogP contribution in [0.2, 0.25) is 15.4 Å². The minimum atomic E-state index is 0.177. The highest BCUT2D eigenvalue weighted by Gasteiger charge is 2.21. The van der Waals surface area contributed by atoms with Gasteiger partial charge in [-0.25, -0.2) is 0 Å². The smallest absolute Gasteiger partial charge is 0.201 e. The summed E-state index contributed by atoms with van der Waals surface area (Å²) in [5.74, 6) is 0.450. The largest absolute Gasteiger partial charge is 0.442 e. The number of aromatic amines is 1. The lowest BCUT2D eigenvalue weighted by Crippen LogP contribution is -1.79. The molecule has 3 aromatic rings. The zero-order valence-electron chi connectivity index (χ0n) is 9.30. The monoisotopic (exact) mass is 310 g/mol. The molecule has 0 fully saturated rings. The van der Waals surface area contributed by atoms with Crippen LogP contribution >= 0.6 is 34.8 Å². The molecular weight excluding hydrogens is 307 g/mol. The molecule has 2 aromatic heterocycles. The molecule has 0 amide bonds. The summed E-state index contributed by atoms with van der Waals surface area (Å²) in [5.41, 5.74) is 0.670. The van der Waals surface area contributed by atoms with Gasteiger partial charge in [0, 0.05) is 10.8 Å². The number of furan rings is 1.